The molecule has 0 bridgehead atoms. The summed E-state index contributed by atoms with van der Waals surface area (Å²) in [5.74, 6) is 1.42. The van der Waals surface area contributed by atoms with Crippen LogP contribution in [-0.2, 0) is 22.4 Å². The molecule has 4 nitrogen and oxygen atoms in total. The van der Waals surface area contributed by atoms with Crippen LogP contribution in [0.4, 0.5) is 0 Å². The minimum Gasteiger partial charge on any atom is -0.445 e. The van der Waals surface area contributed by atoms with Crippen molar-refractivity contribution in [2.45, 2.75) is 38.7 Å². The van der Waals surface area contributed by atoms with Gasteiger partial charge in [-0.2, -0.15) is 0 Å². The van der Waals surface area contributed by atoms with E-state index in [1.807, 2.05) is 0 Å². The van der Waals surface area contributed by atoms with Crippen molar-refractivity contribution >= 4 is 5.78 Å². The van der Waals surface area contributed by atoms with Crippen molar-refractivity contribution in [2.24, 2.45) is 0 Å². The Labute approximate surface area is 88.6 Å². The number of carbonyl (C=O) groups is 1. The number of ketones is 1. The highest BCUT2D eigenvalue weighted by atomic mass is 16.5. The number of rotatable bonds is 4. The van der Waals surface area contributed by atoms with Gasteiger partial charge in [0.25, 0.3) is 0 Å². The van der Waals surface area contributed by atoms with Crippen molar-refractivity contribution in [3.8, 4) is 0 Å². The van der Waals surface area contributed by atoms with Gasteiger partial charge in [-0.05, 0) is 19.8 Å². The van der Waals surface area contributed by atoms with Crippen LogP contribution < -0.4 is 0 Å². The average molecular weight is 209 g/mol. The van der Waals surface area contributed by atoms with Gasteiger partial charge in [0.2, 0.25) is 0 Å². The second-order valence-electron chi connectivity index (χ2n) is 3.94. The average Bonchev–Trinajstić information content (AvgIpc) is 2.77. The Morgan fingerprint density at radius 2 is 2.53 bits per heavy atom. The summed E-state index contributed by atoms with van der Waals surface area (Å²) in [5.41, 5.74) is 0. The molecule has 2 rings (SSSR count). The molecule has 0 radical (unpaired) electrons. The van der Waals surface area contributed by atoms with Crippen molar-refractivity contribution in [1.82, 2.24) is 4.98 Å². The van der Waals surface area contributed by atoms with E-state index in [9.17, 15) is 4.79 Å². The molecule has 0 aliphatic carbocycles. The highest BCUT2D eigenvalue weighted by molar-refractivity contribution is 5.77. The summed E-state index contributed by atoms with van der Waals surface area (Å²) in [7, 11) is 0. The van der Waals surface area contributed by atoms with Gasteiger partial charge in [-0.25, -0.2) is 4.98 Å². The topological polar surface area (TPSA) is 52.3 Å². The normalized spacial score (nSPS) is 20.7. The van der Waals surface area contributed by atoms with Crippen molar-refractivity contribution in [1.29, 1.82) is 0 Å². The first-order valence-electron chi connectivity index (χ1n) is 5.28. The fraction of sp³-hybridized carbons (Fsp3) is 0.636. The molecule has 0 amide bonds. The fourth-order valence-electron chi connectivity index (χ4n) is 1.77. The summed E-state index contributed by atoms with van der Waals surface area (Å²) >= 11 is 0. The molecule has 1 saturated heterocycles. The standard InChI is InChI=1S/C11H15NO3/c1-8(13)5-10-7-12-11(15-10)6-9-3-2-4-14-9/h7,9H,2-6H2,1H3. The molecule has 0 saturated carbocycles. The smallest absolute Gasteiger partial charge is 0.196 e. The lowest BCUT2D eigenvalue weighted by atomic mass is 10.2. The molecule has 1 fully saturated rings. The van der Waals surface area contributed by atoms with Gasteiger partial charge < -0.3 is 9.15 Å². The minimum atomic E-state index is 0.0924. The Balaban J connectivity index is 1.91. The van der Waals surface area contributed by atoms with Crippen LogP contribution in [0.2, 0.25) is 0 Å². The molecule has 1 aliphatic rings. The van der Waals surface area contributed by atoms with Crippen molar-refractivity contribution < 1.29 is 13.9 Å². The van der Waals surface area contributed by atoms with E-state index < -0.39 is 0 Å². The maximum atomic E-state index is 10.9. The van der Waals surface area contributed by atoms with Gasteiger partial charge >= 0.3 is 0 Å². The van der Waals surface area contributed by atoms with Gasteiger partial charge in [0.15, 0.2) is 5.89 Å². The van der Waals surface area contributed by atoms with Crippen LogP contribution in [0.3, 0.4) is 0 Å². The van der Waals surface area contributed by atoms with Gasteiger partial charge in [-0.3, -0.25) is 4.79 Å². The number of carbonyl (C=O) groups excluding carboxylic acids is 1. The van der Waals surface area contributed by atoms with E-state index in [1.54, 1.807) is 13.1 Å². The number of aromatic nitrogens is 1. The molecule has 82 valence electrons. The summed E-state index contributed by atoms with van der Waals surface area (Å²) in [5, 5.41) is 0. The van der Waals surface area contributed by atoms with E-state index in [0.717, 1.165) is 25.9 Å². The molecule has 4 heteroatoms. The fourth-order valence-corrected chi connectivity index (χ4v) is 1.77. The number of Topliss-reactive ketones (excluding diaryl/α,β-unsaturated/α-hetero) is 1. The lowest BCUT2D eigenvalue weighted by molar-refractivity contribution is -0.116. The second-order valence-corrected chi connectivity index (χ2v) is 3.94. The Morgan fingerprint density at radius 3 is 3.20 bits per heavy atom. The van der Waals surface area contributed by atoms with E-state index in [0.29, 0.717) is 18.1 Å². The molecular formula is C11H15NO3. The Bertz CT molecular complexity index is 339. The highest BCUT2D eigenvalue weighted by Gasteiger charge is 2.18. The summed E-state index contributed by atoms with van der Waals surface area (Å²) in [6.07, 6.45) is 5.12. The minimum absolute atomic E-state index is 0.0924. The number of hydrogen-bond donors (Lipinski definition) is 0. The van der Waals surface area contributed by atoms with Crippen LogP contribution in [0.1, 0.15) is 31.4 Å². The van der Waals surface area contributed by atoms with Crippen LogP contribution in [0, 0.1) is 0 Å². The zero-order valence-electron chi connectivity index (χ0n) is 8.86. The monoisotopic (exact) mass is 209 g/mol. The van der Waals surface area contributed by atoms with Crippen molar-refractivity contribution in [3.05, 3.63) is 17.8 Å². The van der Waals surface area contributed by atoms with Gasteiger partial charge in [-0.1, -0.05) is 0 Å². The molecule has 1 atom stereocenters. The van der Waals surface area contributed by atoms with Crippen LogP contribution >= 0.6 is 0 Å². The van der Waals surface area contributed by atoms with Crippen LogP contribution in [-0.4, -0.2) is 23.5 Å². The summed E-state index contributed by atoms with van der Waals surface area (Å²) in [4.78, 5) is 15.0. The molecule has 0 aromatic carbocycles. The lowest BCUT2D eigenvalue weighted by Crippen LogP contribution is -2.08. The zero-order chi connectivity index (χ0) is 10.7. The summed E-state index contributed by atoms with van der Waals surface area (Å²) < 4.78 is 10.9. The van der Waals surface area contributed by atoms with Crippen molar-refractivity contribution in [3.63, 3.8) is 0 Å². The van der Waals surface area contributed by atoms with E-state index in [-0.39, 0.29) is 11.9 Å². The number of nitrogens with zero attached hydrogens (tertiary/aromatic N) is 1. The van der Waals surface area contributed by atoms with E-state index in [2.05, 4.69) is 4.98 Å². The van der Waals surface area contributed by atoms with Gasteiger partial charge in [0, 0.05) is 6.61 Å². The molecule has 0 spiro atoms. The van der Waals surface area contributed by atoms with E-state index in [1.165, 1.54) is 0 Å². The predicted octanol–water partition coefficient (Wildman–Crippen LogP) is 1.53. The van der Waals surface area contributed by atoms with E-state index in [4.69, 9.17) is 9.15 Å². The number of hydrogen-bond acceptors (Lipinski definition) is 4. The Kier molecular flexibility index (Phi) is 3.16. The SMILES string of the molecule is CC(=O)Cc1cnc(CC2CCCO2)o1. The molecule has 15 heavy (non-hydrogen) atoms. The van der Waals surface area contributed by atoms with Crippen LogP contribution in [0.25, 0.3) is 0 Å². The predicted molar refractivity (Wildman–Crippen MR) is 53.6 cm³/mol. The highest BCUT2D eigenvalue weighted by Crippen LogP contribution is 2.17. The third-order valence-corrected chi connectivity index (χ3v) is 2.45. The number of ether oxygens (including phenoxy) is 1. The van der Waals surface area contributed by atoms with Gasteiger partial charge in [0.1, 0.15) is 11.5 Å². The third kappa shape index (κ3) is 2.89. The first kappa shape index (κ1) is 10.4. The summed E-state index contributed by atoms with van der Waals surface area (Å²) in [6, 6.07) is 0. The maximum absolute atomic E-state index is 10.9. The van der Waals surface area contributed by atoms with Crippen molar-refractivity contribution in [2.75, 3.05) is 6.61 Å². The molecule has 1 unspecified atom stereocenters. The Hall–Kier alpha value is -1.16. The Morgan fingerprint density at radius 1 is 1.67 bits per heavy atom. The molecule has 1 aliphatic heterocycles. The molecule has 2 heterocycles. The molecule has 0 N–H and O–H groups in total. The molecule has 1 aromatic rings. The maximum Gasteiger partial charge on any atom is 0.196 e. The van der Waals surface area contributed by atoms with Crippen LogP contribution in [0.15, 0.2) is 10.6 Å². The molecular weight excluding hydrogens is 194 g/mol. The number of oxazole rings is 1. The van der Waals surface area contributed by atoms with Crippen LogP contribution in [0.5, 0.6) is 0 Å². The quantitative estimate of drug-likeness (QED) is 0.754. The zero-order valence-corrected chi connectivity index (χ0v) is 8.86. The van der Waals surface area contributed by atoms with E-state index >= 15 is 0 Å². The lowest BCUT2D eigenvalue weighted by Gasteiger charge is -2.04. The second kappa shape index (κ2) is 4.57. The third-order valence-electron chi connectivity index (χ3n) is 2.45. The first-order chi connectivity index (χ1) is 7.24. The largest absolute Gasteiger partial charge is 0.445 e. The summed E-state index contributed by atoms with van der Waals surface area (Å²) in [6.45, 7) is 2.38. The van der Waals surface area contributed by atoms with Gasteiger partial charge in [0.05, 0.1) is 25.1 Å². The molecule has 1 aromatic heterocycles. The first-order valence-corrected chi connectivity index (χ1v) is 5.28. The van der Waals surface area contributed by atoms with Gasteiger partial charge in [-0.15, -0.1) is 0 Å².